The molecule has 0 saturated heterocycles. The maximum absolute atomic E-state index is 12.1. The first-order valence-electron chi connectivity index (χ1n) is 12.2. The van der Waals surface area contributed by atoms with E-state index in [4.69, 9.17) is 0 Å². The number of aromatic hydroxyl groups is 2. The van der Waals surface area contributed by atoms with Crippen LogP contribution in [0.15, 0.2) is 121 Å². The lowest BCUT2D eigenvalue weighted by Crippen LogP contribution is -2.21. The van der Waals surface area contributed by atoms with Crippen LogP contribution in [0.25, 0.3) is 32.7 Å². The standard InChI is InChI=1S/C33H25O3P/c34-21-24-19-22-11-7-9-17-27(22)30(32(24)35)31-28-18-10-8-12-23(28)20-29(33(31)36)37(25-13-3-1-4-14-25)26-15-5-2-6-16-26/h1-20,34-36H,21H2. The molecule has 0 bridgehead atoms. The Morgan fingerprint density at radius 2 is 0.973 bits per heavy atom. The number of fused-ring (bicyclic) bond motifs is 2. The zero-order valence-electron chi connectivity index (χ0n) is 20.0. The van der Waals surface area contributed by atoms with Gasteiger partial charge in [0.1, 0.15) is 11.5 Å². The lowest BCUT2D eigenvalue weighted by Gasteiger charge is -2.24. The van der Waals surface area contributed by atoms with Gasteiger partial charge in [-0.05, 0) is 52.2 Å². The molecule has 0 spiro atoms. The SMILES string of the molecule is OCc1cc2ccccc2c(-c2c(O)c(P(c3ccccc3)c3ccccc3)cc3ccccc23)c1O. The van der Waals surface area contributed by atoms with Crippen molar-refractivity contribution in [1.82, 2.24) is 0 Å². The third kappa shape index (κ3) is 4.03. The van der Waals surface area contributed by atoms with Gasteiger partial charge in [0.25, 0.3) is 0 Å². The lowest BCUT2D eigenvalue weighted by molar-refractivity contribution is 0.276. The Kier molecular flexibility index (Phi) is 6.10. The summed E-state index contributed by atoms with van der Waals surface area (Å²) in [5, 5.41) is 40.2. The van der Waals surface area contributed by atoms with Crippen molar-refractivity contribution in [3.8, 4) is 22.6 Å². The fourth-order valence-electron chi connectivity index (χ4n) is 5.10. The summed E-state index contributed by atoms with van der Waals surface area (Å²) in [7, 11) is -1.09. The Labute approximate surface area is 216 Å². The number of rotatable bonds is 5. The monoisotopic (exact) mass is 500 g/mol. The highest BCUT2D eigenvalue weighted by atomic mass is 31.1. The highest BCUT2D eigenvalue weighted by Crippen LogP contribution is 2.48. The van der Waals surface area contributed by atoms with Gasteiger partial charge in [-0.1, -0.05) is 109 Å². The van der Waals surface area contributed by atoms with Crippen molar-refractivity contribution in [2.45, 2.75) is 6.61 Å². The second-order valence-corrected chi connectivity index (χ2v) is 11.2. The van der Waals surface area contributed by atoms with E-state index < -0.39 is 7.92 Å². The van der Waals surface area contributed by atoms with Crippen molar-refractivity contribution in [1.29, 1.82) is 0 Å². The van der Waals surface area contributed by atoms with Gasteiger partial charge in [-0.2, -0.15) is 0 Å². The molecule has 0 aromatic heterocycles. The minimum absolute atomic E-state index is 0.0115. The first kappa shape index (κ1) is 23.2. The Balaban J connectivity index is 1.75. The molecule has 0 aliphatic rings. The van der Waals surface area contributed by atoms with E-state index in [0.29, 0.717) is 16.7 Å². The van der Waals surface area contributed by atoms with Gasteiger partial charge in [0.15, 0.2) is 0 Å². The van der Waals surface area contributed by atoms with Crippen LogP contribution in [0.5, 0.6) is 11.5 Å². The van der Waals surface area contributed by atoms with Gasteiger partial charge in [0, 0.05) is 22.0 Å². The van der Waals surface area contributed by atoms with Gasteiger partial charge >= 0.3 is 0 Å². The molecular weight excluding hydrogens is 475 g/mol. The molecule has 3 N–H and O–H groups in total. The molecule has 0 atom stereocenters. The minimum Gasteiger partial charge on any atom is -0.507 e. The fourth-order valence-corrected chi connectivity index (χ4v) is 7.48. The van der Waals surface area contributed by atoms with Crippen LogP contribution >= 0.6 is 7.92 Å². The topological polar surface area (TPSA) is 60.7 Å². The maximum atomic E-state index is 12.1. The summed E-state index contributed by atoms with van der Waals surface area (Å²) in [6, 6.07) is 40.1. The summed E-state index contributed by atoms with van der Waals surface area (Å²) in [6.07, 6.45) is 0. The Bertz CT molecular complexity index is 1690. The molecule has 6 aromatic carbocycles. The predicted molar refractivity (Wildman–Crippen MR) is 155 cm³/mol. The number of phenols is 2. The summed E-state index contributed by atoms with van der Waals surface area (Å²) in [5.74, 6) is 0.135. The van der Waals surface area contributed by atoms with E-state index in [9.17, 15) is 15.3 Å². The quantitative estimate of drug-likeness (QED) is 0.243. The van der Waals surface area contributed by atoms with Crippen molar-refractivity contribution >= 4 is 45.4 Å². The molecule has 0 aliphatic heterocycles. The lowest BCUT2D eigenvalue weighted by atomic mass is 9.90. The summed E-state index contributed by atoms with van der Waals surface area (Å²) in [5.41, 5.74) is 1.54. The molecule has 0 unspecified atom stereocenters. The normalized spacial score (nSPS) is 11.4. The third-order valence-electron chi connectivity index (χ3n) is 6.79. The summed E-state index contributed by atoms with van der Waals surface area (Å²) in [6.45, 7) is -0.303. The van der Waals surface area contributed by atoms with Crippen molar-refractivity contribution in [2.24, 2.45) is 0 Å². The van der Waals surface area contributed by atoms with Crippen LogP contribution in [-0.4, -0.2) is 15.3 Å². The van der Waals surface area contributed by atoms with E-state index in [1.165, 1.54) is 0 Å². The predicted octanol–water partition coefficient (Wildman–Crippen LogP) is 6.32. The molecule has 37 heavy (non-hydrogen) atoms. The van der Waals surface area contributed by atoms with E-state index in [-0.39, 0.29) is 18.1 Å². The van der Waals surface area contributed by atoms with Gasteiger partial charge < -0.3 is 15.3 Å². The van der Waals surface area contributed by atoms with E-state index in [1.807, 2.05) is 84.9 Å². The zero-order valence-corrected chi connectivity index (χ0v) is 20.9. The first-order valence-corrected chi connectivity index (χ1v) is 13.5. The highest BCUT2D eigenvalue weighted by Gasteiger charge is 2.26. The van der Waals surface area contributed by atoms with Crippen molar-refractivity contribution in [3.05, 3.63) is 127 Å². The van der Waals surface area contributed by atoms with E-state index in [2.05, 4.69) is 30.3 Å². The molecule has 180 valence electrons. The smallest absolute Gasteiger partial charge is 0.132 e. The van der Waals surface area contributed by atoms with Crippen LogP contribution in [0, 0.1) is 0 Å². The number of benzene rings is 6. The number of phenolic OH excluding ortho intramolecular Hbond substituents is 1. The molecule has 0 saturated carbocycles. The second kappa shape index (κ2) is 9.71. The number of hydrogen-bond acceptors (Lipinski definition) is 3. The van der Waals surface area contributed by atoms with Gasteiger partial charge in [-0.25, -0.2) is 0 Å². The Morgan fingerprint density at radius 3 is 1.51 bits per heavy atom. The molecule has 0 aliphatic carbocycles. The molecule has 6 rings (SSSR count). The maximum Gasteiger partial charge on any atom is 0.132 e. The van der Waals surface area contributed by atoms with Crippen LogP contribution < -0.4 is 15.9 Å². The number of aliphatic hydroxyl groups is 1. The van der Waals surface area contributed by atoms with Crippen molar-refractivity contribution in [2.75, 3.05) is 0 Å². The molecule has 0 radical (unpaired) electrons. The fraction of sp³-hybridized carbons (Fsp3) is 0.0303. The van der Waals surface area contributed by atoms with Crippen LogP contribution in [0.4, 0.5) is 0 Å². The first-order chi connectivity index (χ1) is 18.2. The van der Waals surface area contributed by atoms with Gasteiger partial charge in [-0.3, -0.25) is 0 Å². The van der Waals surface area contributed by atoms with Crippen LogP contribution in [-0.2, 0) is 6.61 Å². The molecule has 4 heteroatoms. The van der Waals surface area contributed by atoms with Crippen molar-refractivity contribution < 1.29 is 15.3 Å². The molecule has 0 amide bonds. The van der Waals surface area contributed by atoms with Gasteiger partial charge in [0.05, 0.1) is 6.61 Å². The number of hydrogen-bond donors (Lipinski definition) is 3. The summed E-state index contributed by atoms with van der Waals surface area (Å²) in [4.78, 5) is 0. The molecule has 0 heterocycles. The van der Waals surface area contributed by atoms with E-state index >= 15 is 0 Å². The summed E-state index contributed by atoms with van der Waals surface area (Å²) >= 11 is 0. The van der Waals surface area contributed by atoms with Gasteiger partial charge in [-0.15, -0.1) is 0 Å². The van der Waals surface area contributed by atoms with Crippen LogP contribution in [0.3, 0.4) is 0 Å². The van der Waals surface area contributed by atoms with Crippen LogP contribution in [0.1, 0.15) is 5.56 Å². The molecule has 6 aromatic rings. The minimum atomic E-state index is -1.09. The molecule has 0 fully saturated rings. The third-order valence-corrected chi connectivity index (χ3v) is 9.24. The second-order valence-electron chi connectivity index (χ2n) is 8.99. The Hall–Kier alpha value is -4.17. The summed E-state index contributed by atoms with van der Waals surface area (Å²) < 4.78 is 0. The van der Waals surface area contributed by atoms with E-state index in [1.54, 1.807) is 6.07 Å². The molecule has 3 nitrogen and oxygen atoms in total. The van der Waals surface area contributed by atoms with Crippen LogP contribution in [0.2, 0.25) is 0 Å². The highest BCUT2D eigenvalue weighted by molar-refractivity contribution is 7.80. The largest absolute Gasteiger partial charge is 0.507 e. The Morgan fingerprint density at radius 1 is 0.514 bits per heavy atom. The molecular formula is C33H25O3P. The number of aliphatic hydroxyl groups excluding tert-OH is 1. The zero-order chi connectivity index (χ0) is 25.4. The van der Waals surface area contributed by atoms with E-state index in [0.717, 1.165) is 37.5 Å². The van der Waals surface area contributed by atoms with Crippen molar-refractivity contribution in [3.63, 3.8) is 0 Å². The average Bonchev–Trinajstić information content (AvgIpc) is 2.95. The average molecular weight is 501 g/mol. The van der Waals surface area contributed by atoms with Gasteiger partial charge in [0.2, 0.25) is 0 Å².